The summed E-state index contributed by atoms with van der Waals surface area (Å²) >= 11 is 0. The molecule has 0 aromatic carbocycles. The minimum absolute atomic E-state index is 0.877. The summed E-state index contributed by atoms with van der Waals surface area (Å²) in [6.45, 7) is 11.8. The van der Waals surface area contributed by atoms with E-state index in [9.17, 15) is 0 Å². The standard InChI is InChI=1S/C20H42/c1-6-9-11-13-19(8-3)15-16-20(17-18(4)5)14-12-10-7-2/h18-20H,6-17H2,1-5H3/t19-,20-/m0/s1. The highest BCUT2D eigenvalue weighted by atomic mass is 14.2. The zero-order chi connectivity index (χ0) is 15.2. The Bertz CT molecular complexity index is 182. The van der Waals surface area contributed by atoms with Gasteiger partial charge in [-0.25, -0.2) is 0 Å². The third-order valence-corrected chi connectivity index (χ3v) is 4.80. The van der Waals surface area contributed by atoms with Crippen molar-refractivity contribution in [1.29, 1.82) is 0 Å². The molecular weight excluding hydrogens is 240 g/mol. The van der Waals surface area contributed by atoms with Crippen LogP contribution >= 0.6 is 0 Å². The van der Waals surface area contributed by atoms with E-state index in [1.165, 1.54) is 77.0 Å². The Morgan fingerprint density at radius 1 is 0.600 bits per heavy atom. The van der Waals surface area contributed by atoms with Crippen LogP contribution in [-0.4, -0.2) is 0 Å². The molecule has 20 heavy (non-hydrogen) atoms. The second-order valence-electron chi connectivity index (χ2n) is 7.34. The molecule has 0 nitrogen and oxygen atoms in total. The molecule has 0 N–H and O–H groups in total. The Labute approximate surface area is 130 Å². The highest BCUT2D eigenvalue weighted by Crippen LogP contribution is 2.28. The molecule has 0 unspecified atom stereocenters. The second-order valence-corrected chi connectivity index (χ2v) is 7.34. The van der Waals surface area contributed by atoms with Crippen molar-refractivity contribution < 1.29 is 0 Å². The molecule has 0 heterocycles. The number of hydrogen-bond donors (Lipinski definition) is 0. The van der Waals surface area contributed by atoms with E-state index in [2.05, 4.69) is 34.6 Å². The maximum absolute atomic E-state index is 2.39. The fraction of sp³-hybridized carbons (Fsp3) is 1.00. The van der Waals surface area contributed by atoms with Crippen LogP contribution in [0.2, 0.25) is 0 Å². The van der Waals surface area contributed by atoms with Gasteiger partial charge in [0.25, 0.3) is 0 Å². The van der Waals surface area contributed by atoms with Crippen LogP contribution < -0.4 is 0 Å². The van der Waals surface area contributed by atoms with Crippen molar-refractivity contribution in [2.45, 2.75) is 112 Å². The summed E-state index contributed by atoms with van der Waals surface area (Å²) in [4.78, 5) is 0. The smallest absolute Gasteiger partial charge is 0.0412 e. The number of hydrogen-bond acceptors (Lipinski definition) is 0. The van der Waals surface area contributed by atoms with Crippen LogP contribution in [0.15, 0.2) is 0 Å². The molecule has 2 atom stereocenters. The number of rotatable bonds is 14. The lowest BCUT2D eigenvalue weighted by Gasteiger charge is -2.22. The van der Waals surface area contributed by atoms with Gasteiger partial charge in [0.1, 0.15) is 0 Å². The van der Waals surface area contributed by atoms with E-state index in [4.69, 9.17) is 0 Å². The Hall–Kier alpha value is 0. The molecule has 0 aliphatic carbocycles. The molecule has 0 aliphatic rings. The van der Waals surface area contributed by atoms with Crippen molar-refractivity contribution in [2.24, 2.45) is 17.8 Å². The summed E-state index contributed by atoms with van der Waals surface area (Å²) in [7, 11) is 0. The molecule has 0 saturated carbocycles. The SMILES string of the molecule is CCCCC[C@H](CC)CC[C@H](CCCCC)CC(C)C. The Kier molecular flexibility index (Phi) is 14.0. The lowest BCUT2D eigenvalue weighted by Crippen LogP contribution is -2.08. The van der Waals surface area contributed by atoms with Crippen molar-refractivity contribution in [2.75, 3.05) is 0 Å². The van der Waals surface area contributed by atoms with Crippen LogP contribution in [-0.2, 0) is 0 Å². The molecule has 0 aromatic heterocycles. The Morgan fingerprint density at radius 2 is 1.10 bits per heavy atom. The molecule has 0 heteroatoms. The predicted octanol–water partition coefficient (Wildman–Crippen LogP) is 7.62. The summed E-state index contributed by atoms with van der Waals surface area (Å²) in [6, 6.07) is 0. The molecular formula is C20H42. The van der Waals surface area contributed by atoms with Crippen molar-refractivity contribution in [3.63, 3.8) is 0 Å². The summed E-state index contributed by atoms with van der Waals surface area (Å²) in [5, 5.41) is 0. The van der Waals surface area contributed by atoms with Gasteiger partial charge in [-0.1, -0.05) is 105 Å². The molecule has 0 aromatic rings. The average Bonchev–Trinajstić information content (AvgIpc) is 2.42. The van der Waals surface area contributed by atoms with Crippen LogP contribution in [0.4, 0.5) is 0 Å². The van der Waals surface area contributed by atoms with Gasteiger partial charge in [0, 0.05) is 0 Å². The van der Waals surface area contributed by atoms with E-state index in [1.54, 1.807) is 0 Å². The summed E-state index contributed by atoms with van der Waals surface area (Å²) in [5.74, 6) is 2.88. The highest BCUT2D eigenvalue weighted by molar-refractivity contribution is 4.66. The minimum Gasteiger partial charge on any atom is -0.0654 e. The van der Waals surface area contributed by atoms with E-state index in [0.29, 0.717) is 0 Å². The van der Waals surface area contributed by atoms with E-state index in [1.807, 2.05) is 0 Å². The van der Waals surface area contributed by atoms with Crippen LogP contribution in [0.1, 0.15) is 112 Å². The van der Waals surface area contributed by atoms with E-state index in [0.717, 1.165) is 17.8 Å². The molecule has 0 bridgehead atoms. The van der Waals surface area contributed by atoms with Gasteiger partial charge in [-0.05, 0) is 24.2 Å². The van der Waals surface area contributed by atoms with Gasteiger partial charge in [0.05, 0.1) is 0 Å². The Balaban J connectivity index is 3.99. The average molecular weight is 283 g/mol. The van der Waals surface area contributed by atoms with Crippen molar-refractivity contribution in [1.82, 2.24) is 0 Å². The molecule has 0 spiro atoms. The molecule has 0 aliphatic heterocycles. The van der Waals surface area contributed by atoms with Crippen LogP contribution in [0.25, 0.3) is 0 Å². The van der Waals surface area contributed by atoms with Gasteiger partial charge >= 0.3 is 0 Å². The zero-order valence-corrected chi connectivity index (χ0v) is 15.2. The first-order valence-electron chi connectivity index (χ1n) is 9.63. The maximum atomic E-state index is 2.39. The molecule has 0 amide bonds. The van der Waals surface area contributed by atoms with Gasteiger partial charge in [0.2, 0.25) is 0 Å². The van der Waals surface area contributed by atoms with E-state index in [-0.39, 0.29) is 0 Å². The topological polar surface area (TPSA) is 0 Å². The lowest BCUT2D eigenvalue weighted by molar-refractivity contribution is 0.304. The van der Waals surface area contributed by atoms with Crippen molar-refractivity contribution in [3.05, 3.63) is 0 Å². The van der Waals surface area contributed by atoms with Crippen molar-refractivity contribution >= 4 is 0 Å². The first-order chi connectivity index (χ1) is 9.63. The molecule has 0 rings (SSSR count). The van der Waals surface area contributed by atoms with Gasteiger partial charge in [0.15, 0.2) is 0 Å². The largest absolute Gasteiger partial charge is 0.0654 e. The quantitative estimate of drug-likeness (QED) is 0.287. The van der Waals surface area contributed by atoms with Gasteiger partial charge in [-0.15, -0.1) is 0 Å². The summed E-state index contributed by atoms with van der Waals surface area (Å²) < 4.78 is 0. The van der Waals surface area contributed by atoms with Gasteiger partial charge in [-0.3, -0.25) is 0 Å². The van der Waals surface area contributed by atoms with Crippen LogP contribution in [0.3, 0.4) is 0 Å². The molecule has 0 radical (unpaired) electrons. The fourth-order valence-corrected chi connectivity index (χ4v) is 3.44. The lowest BCUT2D eigenvalue weighted by atomic mass is 9.84. The third-order valence-electron chi connectivity index (χ3n) is 4.80. The first-order valence-corrected chi connectivity index (χ1v) is 9.63. The normalized spacial score (nSPS) is 14.7. The highest BCUT2D eigenvalue weighted by Gasteiger charge is 2.14. The fourth-order valence-electron chi connectivity index (χ4n) is 3.44. The molecule has 0 saturated heterocycles. The number of unbranched alkanes of at least 4 members (excludes halogenated alkanes) is 4. The monoisotopic (exact) mass is 282 g/mol. The van der Waals surface area contributed by atoms with Crippen LogP contribution in [0.5, 0.6) is 0 Å². The third kappa shape index (κ3) is 11.8. The van der Waals surface area contributed by atoms with Gasteiger partial charge < -0.3 is 0 Å². The zero-order valence-electron chi connectivity index (χ0n) is 15.2. The summed E-state index contributed by atoms with van der Waals surface area (Å²) in [5.41, 5.74) is 0. The van der Waals surface area contributed by atoms with Gasteiger partial charge in [-0.2, -0.15) is 0 Å². The molecule has 0 fully saturated rings. The summed E-state index contributed by atoms with van der Waals surface area (Å²) in [6.07, 6.45) is 17.3. The predicted molar refractivity (Wildman–Crippen MR) is 94.2 cm³/mol. The Morgan fingerprint density at radius 3 is 1.55 bits per heavy atom. The first kappa shape index (κ1) is 20.0. The maximum Gasteiger partial charge on any atom is -0.0412 e. The van der Waals surface area contributed by atoms with Crippen molar-refractivity contribution in [3.8, 4) is 0 Å². The van der Waals surface area contributed by atoms with E-state index >= 15 is 0 Å². The van der Waals surface area contributed by atoms with Crippen LogP contribution in [0, 0.1) is 17.8 Å². The van der Waals surface area contributed by atoms with E-state index < -0.39 is 0 Å². The molecule has 122 valence electrons. The second kappa shape index (κ2) is 14.0. The minimum atomic E-state index is 0.877.